The van der Waals surface area contributed by atoms with Gasteiger partial charge in [0, 0.05) is 25.9 Å². The number of nitrogens with zero attached hydrogens (tertiary/aromatic N) is 1. The summed E-state index contributed by atoms with van der Waals surface area (Å²) < 4.78 is 1.08. The van der Waals surface area contributed by atoms with Gasteiger partial charge in [-0.3, -0.25) is 0 Å². The smallest absolute Gasteiger partial charge is 0.124 e. The Kier molecular flexibility index (Phi) is 4.78. The number of rotatable bonds is 4. The maximum atomic E-state index is 4.76. The Morgan fingerprint density at radius 1 is 1.10 bits per heavy atom. The van der Waals surface area contributed by atoms with E-state index >= 15 is 0 Å². The summed E-state index contributed by atoms with van der Waals surface area (Å²) in [6.45, 7) is 2.17. The summed E-state index contributed by atoms with van der Waals surface area (Å²) in [6.07, 6.45) is 0. The molecule has 106 valence electrons. The molecular weight excluding hydrogens is 362 g/mol. The molecule has 21 heavy (non-hydrogen) atoms. The summed E-state index contributed by atoms with van der Waals surface area (Å²) in [5.74, 6) is 1.10. The number of thiazole rings is 1. The summed E-state index contributed by atoms with van der Waals surface area (Å²) in [7, 11) is 0. The van der Waals surface area contributed by atoms with Crippen LogP contribution in [0.2, 0.25) is 0 Å². The molecule has 0 unspecified atom stereocenters. The fourth-order valence-electron chi connectivity index (χ4n) is 2.05. The molecule has 2 aromatic carbocycles. The lowest BCUT2D eigenvalue weighted by molar-refractivity contribution is 1.38. The average Bonchev–Trinajstić information content (AvgIpc) is 2.98. The summed E-state index contributed by atoms with van der Waals surface area (Å²) in [5.41, 5.74) is 3.36. The molecule has 1 aromatic heterocycles. The van der Waals surface area contributed by atoms with Crippen LogP contribution in [-0.2, 0) is 0 Å². The Balaban J connectivity index is 1.87. The van der Waals surface area contributed by atoms with E-state index in [1.165, 1.54) is 10.5 Å². The van der Waals surface area contributed by atoms with Crippen molar-refractivity contribution in [1.82, 2.24) is 4.98 Å². The van der Waals surface area contributed by atoms with Crippen molar-refractivity contribution >= 4 is 39.0 Å². The fraction of sp³-hybridized carbons (Fsp3) is 0.118. The zero-order chi connectivity index (χ0) is 14.7. The molecule has 0 radical (unpaired) electrons. The van der Waals surface area contributed by atoms with Crippen LogP contribution in [0.1, 0.15) is 6.92 Å². The van der Waals surface area contributed by atoms with Crippen molar-refractivity contribution in [3.05, 3.63) is 58.4 Å². The molecule has 0 N–H and O–H groups in total. The van der Waals surface area contributed by atoms with Crippen LogP contribution < -0.4 is 0 Å². The minimum atomic E-state index is 1.03. The van der Waals surface area contributed by atoms with E-state index in [0.717, 1.165) is 26.5 Å². The molecule has 0 aliphatic rings. The predicted molar refractivity (Wildman–Crippen MR) is 97.1 cm³/mol. The van der Waals surface area contributed by atoms with Gasteiger partial charge < -0.3 is 0 Å². The molecule has 0 amide bonds. The van der Waals surface area contributed by atoms with Crippen molar-refractivity contribution in [2.75, 3.05) is 5.75 Å². The molecule has 0 bridgehead atoms. The topological polar surface area (TPSA) is 12.9 Å². The van der Waals surface area contributed by atoms with Gasteiger partial charge in [-0.05, 0) is 30.0 Å². The molecule has 3 aromatic rings. The second-order valence-electron chi connectivity index (χ2n) is 4.51. The SMILES string of the molecule is CCSc1ccc(-c2nc(-c3cccc(Br)c3)cs2)cc1. The summed E-state index contributed by atoms with van der Waals surface area (Å²) in [6, 6.07) is 16.9. The fourth-order valence-corrected chi connectivity index (χ4v) is 3.94. The number of halogens is 1. The van der Waals surface area contributed by atoms with E-state index in [2.05, 4.69) is 64.6 Å². The zero-order valence-corrected chi connectivity index (χ0v) is 14.8. The predicted octanol–water partition coefficient (Wildman–Crippen LogP) is 6.35. The van der Waals surface area contributed by atoms with E-state index in [-0.39, 0.29) is 0 Å². The Bertz CT molecular complexity index is 735. The number of thioether (sulfide) groups is 1. The standard InChI is InChI=1S/C17H14BrNS2/c1-2-20-15-8-6-12(7-9-15)17-19-16(11-21-17)13-4-3-5-14(18)10-13/h3-11H,2H2,1H3. The van der Waals surface area contributed by atoms with Gasteiger partial charge in [0.05, 0.1) is 5.69 Å². The first-order chi connectivity index (χ1) is 10.3. The second kappa shape index (κ2) is 6.77. The average molecular weight is 376 g/mol. The molecular formula is C17H14BrNS2. The van der Waals surface area contributed by atoms with Crippen molar-refractivity contribution in [2.45, 2.75) is 11.8 Å². The summed E-state index contributed by atoms with van der Waals surface area (Å²) in [5, 5.41) is 3.18. The maximum absolute atomic E-state index is 4.76. The third kappa shape index (κ3) is 3.57. The van der Waals surface area contributed by atoms with Crippen molar-refractivity contribution < 1.29 is 0 Å². The maximum Gasteiger partial charge on any atom is 0.124 e. The Morgan fingerprint density at radius 3 is 2.62 bits per heavy atom. The molecule has 0 spiro atoms. The molecule has 0 aliphatic heterocycles. The molecule has 4 heteroatoms. The minimum Gasteiger partial charge on any atom is -0.236 e. The Morgan fingerprint density at radius 2 is 1.90 bits per heavy atom. The van der Waals surface area contributed by atoms with Crippen LogP contribution in [0.5, 0.6) is 0 Å². The van der Waals surface area contributed by atoms with Gasteiger partial charge in [0.25, 0.3) is 0 Å². The molecule has 3 rings (SSSR count). The van der Waals surface area contributed by atoms with Crippen LogP contribution in [0.4, 0.5) is 0 Å². The summed E-state index contributed by atoms with van der Waals surface area (Å²) in [4.78, 5) is 6.07. The van der Waals surface area contributed by atoms with Crippen LogP contribution >= 0.6 is 39.0 Å². The third-order valence-electron chi connectivity index (χ3n) is 3.04. The molecule has 0 saturated heterocycles. The highest BCUT2D eigenvalue weighted by atomic mass is 79.9. The summed E-state index contributed by atoms with van der Waals surface area (Å²) >= 11 is 7.06. The van der Waals surface area contributed by atoms with Gasteiger partial charge in [-0.1, -0.05) is 47.1 Å². The molecule has 0 atom stereocenters. The van der Waals surface area contributed by atoms with Crippen molar-refractivity contribution in [3.63, 3.8) is 0 Å². The van der Waals surface area contributed by atoms with Gasteiger partial charge in [-0.2, -0.15) is 0 Å². The molecule has 1 nitrogen and oxygen atoms in total. The van der Waals surface area contributed by atoms with E-state index in [1.807, 2.05) is 23.9 Å². The first-order valence-electron chi connectivity index (χ1n) is 6.71. The van der Waals surface area contributed by atoms with Gasteiger partial charge >= 0.3 is 0 Å². The lowest BCUT2D eigenvalue weighted by Crippen LogP contribution is -1.80. The lowest BCUT2D eigenvalue weighted by Gasteiger charge is -2.00. The van der Waals surface area contributed by atoms with Crippen molar-refractivity contribution in [2.24, 2.45) is 0 Å². The number of hydrogen-bond donors (Lipinski definition) is 0. The minimum absolute atomic E-state index is 1.03. The van der Waals surface area contributed by atoms with Crippen LogP contribution in [0.15, 0.2) is 63.3 Å². The largest absolute Gasteiger partial charge is 0.236 e. The highest BCUT2D eigenvalue weighted by molar-refractivity contribution is 9.10. The number of aromatic nitrogens is 1. The molecule has 0 aliphatic carbocycles. The van der Waals surface area contributed by atoms with Crippen LogP contribution in [0, 0.1) is 0 Å². The lowest BCUT2D eigenvalue weighted by atomic mass is 10.2. The van der Waals surface area contributed by atoms with Gasteiger partial charge in [-0.15, -0.1) is 23.1 Å². The molecule has 0 saturated carbocycles. The van der Waals surface area contributed by atoms with Crippen LogP contribution in [0.25, 0.3) is 21.8 Å². The quantitative estimate of drug-likeness (QED) is 0.492. The van der Waals surface area contributed by atoms with Gasteiger partial charge in [0.15, 0.2) is 0 Å². The van der Waals surface area contributed by atoms with E-state index in [1.54, 1.807) is 11.3 Å². The molecule has 1 heterocycles. The van der Waals surface area contributed by atoms with E-state index in [9.17, 15) is 0 Å². The Hall–Kier alpha value is -1.10. The van der Waals surface area contributed by atoms with E-state index in [4.69, 9.17) is 4.98 Å². The van der Waals surface area contributed by atoms with Gasteiger partial charge in [0.2, 0.25) is 0 Å². The number of benzene rings is 2. The van der Waals surface area contributed by atoms with Gasteiger partial charge in [-0.25, -0.2) is 4.98 Å². The van der Waals surface area contributed by atoms with Crippen molar-refractivity contribution in [1.29, 1.82) is 0 Å². The molecule has 0 fully saturated rings. The van der Waals surface area contributed by atoms with Crippen LogP contribution in [0.3, 0.4) is 0 Å². The first kappa shape index (κ1) is 14.8. The zero-order valence-electron chi connectivity index (χ0n) is 11.5. The third-order valence-corrected chi connectivity index (χ3v) is 5.32. The van der Waals surface area contributed by atoms with Gasteiger partial charge in [0.1, 0.15) is 5.01 Å². The first-order valence-corrected chi connectivity index (χ1v) is 9.37. The second-order valence-corrected chi connectivity index (χ2v) is 7.62. The normalized spacial score (nSPS) is 10.8. The van der Waals surface area contributed by atoms with E-state index < -0.39 is 0 Å². The number of hydrogen-bond acceptors (Lipinski definition) is 3. The van der Waals surface area contributed by atoms with Crippen LogP contribution in [-0.4, -0.2) is 10.7 Å². The Labute approximate surface area is 141 Å². The van der Waals surface area contributed by atoms with Crippen molar-refractivity contribution in [3.8, 4) is 21.8 Å². The monoisotopic (exact) mass is 375 g/mol. The highest BCUT2D eigenvalue weighted by Gasteiger charge is 2.07. The highest BCUT2D eigenvalue weighted by Crippen LogP contribution is 2.31. The van der Waals surface area contributed by atoms with E-state index in [0.29, 0.717) is 0 Å².